The molecule has 1 aromatic rings. The van der Waals surface area contributed by atoms with Gasteiger partial charge in [-0.15, -0.1) is 0 Å². The van der Waals surface area contributed by atoms with Crippen molar-refractivity contribution in [3.8, 4) is 0 Å². The molecule has 1 atom stereocenters. The molecule has 0 spiro atoms. The number of aromatic nitrogens is 2. The summed E-state index contributed by atoms with van der Waals surface area (Å²) in [6, 6.07) is 0. The largest absolute Gasteiger partial charge is 0.351 e. The van der Waals surface area contributed by atoms with Crippen molar-refractivity contribution in [1.82, 2.24) is 15.5 Å². The van der Waals surface area contributed by atoms with E-state index in [0.717, 1.165) is 0 Å². The molecule has 0 saturated carbocycles. The molecule has 0 aliphatic rings. The van der Waals surface area contributed by atoms with Crippen molar-refractivity contribution >= 4 is 36.4 Å². The van der Waals surface area contributed by atoms with Crippen molar-refractivity contribution in [3.05, 3.63) is 11.4 Å². The molecule has 0 aromatic carbocycles. The first-order valence-corrected chi connectivity index (χ1v) is 9.35. The van der Waals surface area contributed by atoms with Crippen molar-refractivity contribution in [2.24, 2.45) is 0 Å². The highest BCUT2D eigenvalue weighted by atomic mass is 35.7. The Bertz CT molecular complexity index is 597. The first kappa shape index (κ1) is 16.1. The van der Waals surface area contributed by atoms with E-state index in [2.05, 4.69) is 15.5 Å². The Labute approximate surface area is 118 Å². The Balaban J connectivity index is 2.76. The highest BCUT2D eigenvalue weighted by Gasteiger charge is 2.26. The second-order valence-corrected chi connectivity index (χ2v) is 7.91. The lowest BCUT2D eigenvalue weighted by atomic mass is 10.3. The van der Waals surface area contributed by atoms with E-state index in [0.29, 0.717) is 12.2 Å². The van der Waals surface area contributed by atoms with Crippen LogP contribution in [0.15, 0.2) is 4.90 Å². The van der Waals surface area contributed by atoms with Gasteiger partial charge in [0, 0.05) is 40.0 Å². The standard InChI is InChI=1S/C9H14ClN3O4S2/c1-6-8(19(10,16)17)7(13-12-6)9(14)11-4-3-5-18(2)15/h3-5H2,1-2H3,(H,11,14)(H,12,13). The van der Waals surface area contributed by atoms with Crippen LogP contribution in [0.5, 0.6) is 0 Å². The number of hydrogen-bond donors (Lipinski definition) is 2. The normalized spacial score (nSPS) is 13.2. The van der Waals surface area contributed by atoms with E-state index in [-0.39, 0.29) is 22.8 Å². The summed E-state index contributed by atoms with van der Waals surface area (Å²) in [5, 5.41) is 8.55. The topological polar surface area (TPSA) is 109 Å². The molecule has 108 valence electrons. The lowest BCUT2D eigenvalue weighted by molar-refractivity contribution is 0.0945. The van der Waals surface area contributed by atoms with Crippen LogP contribution < -0.4 is 5.32 Å². The fourth-order valence-electron chi connectivity index (χ4n) is 1.43. The second-order valence-electron chi connectivity index (χ2n) is 3.85. The lowest BCUT2D eigenvalue weighted by Crippen LogP contribution is -2.26. The molecule has 0 radical (unpaired) electrons. The summed E-state index contributed by atoms with van der Waals surface area (Å²) in [5.41, 5.74) is -0.0556. The first-order valence-electron chi connectivity index (χ1n) is 5.31. The van der Waals surface area contributed by atoms with Gasteiger partial charge in [-0.2, -0.15) is 5.10 Å². The van der Waals surface area contributed by atoms with Gasteiger partial charge in [0.1, 0.15) is 4.90 Å². The predicted molar refractivity (Wildman–Crippen MR) is 72.2 cm³/mol. The number of hydrogen-bond acceptors (Lipinski definition) is 5. The lowest BCUT2D eigenvalue weighted by Gasteiger charge is -2.03. The van der Waals surface area contributed by atoms with Crippen LogP contribution in [0.2, 0.25) is 0 Å². The third-order valence-corrected chi connectivity index (χ3v) is 4.56. The average Bonchev–Trinajstić information content (AvgIpc) is 2.65. The number of rotatable bonds is 6. The first-order chi connectivity index (χ1) is 8.73. The van der Waals surface area contributed by atoms with Crippen molar-refractivity contribution in [2.75, 3.05) is 18.6 Å². The molecule has 1 aromatic heterocycles. The van der Waals surface area contributed by atoms with Crippen molar-refractivity contribution in [3.63, 3.8) is 0 Å². The number of nitrogens with zero attached hydrogens (tertiary/aromatic N) is 1. The molecule has 10 heteroatoms. The van der Waals surface area contributed by atoms with Crippen LogP contribution in [0.25, 0.3) is 0 Å². The quantitative estimate of drug-likeness (QED) is 0.570. The van der Waals surface area contributed by atoms with Gasteiger partial charge < -0.3 is 5.32 Å². The number of carbonyl (C=O) groups is 1. The molecule has 0 bridgehead atoms. The third-order valence-electron chi connectivity index (χ3n) is 2.24. The van der Waals surface area contributed by atoms with Crippen LogP contribution in [-0.4, -0.2) is 47.3 Å². The summed E-state index contributed by atoms with van der Waals surface area (Å²) in [6.07, 6.45) is 2.10. The maximum absolute atomic E-state index is 11.8. The zero-order chi connectivity index (χ0) is 14.6. The molecule has 1 rings (SSSR count). The second kappa shape index (κ2) is 6.49. The van der Waals surface area contributed by atoms with E-state index in [4.69, 9.17) is 10.7 Å². The molecular formula is C9H14ClN3O4S2. The molecule has 1 unspecified atom stereocenters. The number of nitrogens with one attached hydrogen (secondary N) is 2. The van der Waals surface area contributed by atoms with Gasteiger partial charge in [-0.05, 0) is 13.3 Å². The molecular weight excluding hydrogens is 314 g/mol. The van der Waals surface area contributed by atoms with Crippen LogP contribution in [0.4, 0.5) is 0 Å². The van der Waals surface area contributed by atoms with E-state index in [1.807, 2.05) is 0 Å². The van der Waals surface area contributed by atoms with Gasteiger partial charge in [0.2, 0.25) is 0 Å². The SMILES string of the molecule is Cc1[nH]nc(C(=O)NCCCS(C)=O)c1S(=O)(=O)Cl. The average molecular weight is 328 g/mol. The summed E-state index contributed by atoms with van der Waals surface area (Å²) < 4.78 is 33.5. The van der Waals surface area contributed by atoms with Crippen LogP contribution in [0, 0.1) is 6.92 Å². The summed E-state index contributed by atoms with van der Waals surface area (Å²) in [7, 11) is 0.279. The van der Waals surface area contributed by atoms with Gasteiger partial charge in [-0.1, -0.05) is 0 Å². The fraction of sp³-hybridized carbons (Fsp3) is 0.556. The highest BCUT2D eigenvalue weighted by molar-refractivity contribution is 8.13. The van der Waals surface area contributed by atoms with E-state index in [1.54, 1.807) is 6.26 Å². The number of aryl methyl sites for hydroxylation is 1. The monoisotopic (exact) mass is 327 g/mol. The molecule has 0 fully saturated rings. The number of H-pyrrole nitrogens is 1. The van der Waals surface area contributed by atoms with E-state index < -0.39 is 25.8 Å². The van der Waals surface area contributed by atoms with Crippen LogP contribution in [0.1, 0.15) is 22.6 Å². The van der Waals surface area contributed by atoms with E-state index >= 15 is 0 Å². The zero-order valence-electron chi connectivity index (χ0n) is 10.4. The molecule has 0 aliphatic carbocycles. The Hall–Kier alpha value is -0.930. The molecule has 2 N–H and O–H groups in total. The molecule has 0 aliphatic heterocycles. The maximum Gasteiger partial charge on any atom is 0.273 e. The summed E-state index contributed by atoms with van der Waals surface area (Å²) in [6.45, 7) is 1.74. The minimum atomic E-state index is -4.04. The Kier molecular flexibility index (Phi) is 5.50. The Morgan fingerprint density at radius 1 is 1.53 bits per heavy atom. The van der Waals surface area contributed by atoms with Gasteiger partial charge in [0.25, 0.3) is 15.0 Å². The minimum absolute atomic E-state index is 0.204. The minimum Gasteiger partial charge on any atom is -0.351 e. The van der Waals surface area contributed by atoms with Gasteiger partial charge in [0.05, 0.1) is 5.69 Å². The van der Waals surface area contributed by atoms with Crippen LogP contribution >= 0.6 is 10.7 Å². The summed E-state index contributed by atoms with van der Waals surface area (Å²) >= 11 is 0. The highest BCUT2D eigenvalue weighted by Crippen LogP contribution is 2.21. The fourth-order valence-corrected chi connectivity index (χ4v) is 3.33. The number of carbonyl (C=O) groups excluding carboxylic acids is 1. The number of halogens is 1. The van der Waals surface area contributed by atoms with Crippen LogP contribution in [0.3, 0.4) is 0 Å². The number of aromatic amines is 1. The molecule has 0 saturated heterocycles. The molecule has 19 heavy (non-hydrogen) atoms. The van der Waals surface area contributed by atoms with Gasteiger partial charge in [0.15, 0.2) is 5.69 Å². The Morgan fingerprint density at radius 3 is 2.68 bits per heavy atom. The van der Waals surface area contributed by atoms with Gasteiger partial charge in [-0.25, -0.2) is 8.42 Å². The molecule has 1 heterocycles. The van der Waals surface area contributed by atoms with E-state index in [9.17, 15) is 17.4 Å². The smallest absolute Gasteiger partial charge is 0.273 e. The van der Waals surface area contributed by atoms with Gasteiger partial charge in [-0.3, -0.25) is 14.1 Å². The van der Waals surface area contributed by atoms with Crippen molar-refractivity contribution < 1.29 is 17.4 Å². The van der Waals surface area contributed by atoms with Gasteiger partial charge >= 0.3 is 0 Å². The third kappa shape index (κ3) is 4.59. The van der Waals surface area contributed by atoms with E-state index in [1.165, 1.54) is 6.92 Å². The summed E-state index contributed by atoms with van der Waals surface area (Å²) in [5.74, 6) is -0.175. The molecule has 7 nitrogen and oxygen atoms in total. The zero-order valence-corrected chi connectivity index (χ0v) is 12.8. The Morgan fingerprint density at radius 2 is 2.16 bits per heavy atom. The molecule has 1 amide bonds. The van der Waals surface area contributed by atoms with Crippen molar-refractivity contribution in [1.29, 1.82) is 0 Å². The number of amides is 1. The van der Waals surface area contributed by atoms with Crippen molar-refractivity contribution in [2.45, 2.75) is 18.2 Å². The maximum atomic E-state index is 11.8. The summed E-state index contributed by atoms with van der Waals surface area (Å²) in [4.78, 5) is 11.5. The van der Waals surface area contributed by atoms with Crippen LogP contribution in [-0.2, 0) is 19.9 Å². The predicted octanol–water partition coefficient (Wildman–Crippen LogP) is 0.144.